The Morgan fingerprint density at radius 2 is 2.25 bits per heavy atom. The topological polar surface area (TPSA) is 81.4 Å². The number of ether oxygens (including phenoxy) is 1. The largest absolute Gasteiger partial charge is 0.461 e. The molecule has 0 fully saturated rings. The summed E-state index contributed by atoms with van der Waals surface area (Å²) in [6.45, 7) is 6.13. The summed E-state index contributed by atoms with van der Waals surface area (Å²) >= 11 is 0. The van der Waals surface area contributed by atoms with Crippen LogP contribution in [-0.4, -0.2) is 31.1 Å². The molecule has 3 N–H and O–H groups in total. The van der Waals surface area contributed by atoms with Crippen LogP contribution in [0.5, 0.6) is 0 Å². The van der Waals surface area contributed by atoms with Gasteiger partial charge < -0.3 is 15.8 Å². The fraction of sp³-hybridized carbons (Fsp3) is 0.636. The maximum Gasteiger partial charge on any atom is 0.306 e. The van der Waals surface area contributed by atoms with Gasteiger partial charge in [-0.2, -0.15) is 0 Å². The van der Waals surface area contributed by atoms with Gasteiger partial charge in [0.25, 0.3) is 0 Å². The average Bonchev–Trinajstić information content (AvgIpc) is 2.25. The molecule has 0 radical (unpaired) electrons. The zero-order valence-electron chi connectivity index (χ0n) is 9.70. The van der Waals surface area contributed by atoms with Crippen molar-refractivity contribution in [2.75, 3.05) is 13.2 Å². The Morgan fingerprint density at radius 1 is 1.56 bits per heavy atom. The number of nitrogens with one attached hydrogen (secondary N) is 1. The highest BCUT2D eigenvalue weighted by molar-refractivity contribution is 5.79. The molecule has 1 atom stereocenters. The first kappa shape index (κ1) is 14.6. The third kappa shape index (κ3) is 7.00. The highest BCUT2D eigenvalue weighted by Crippen LogP contribution is 1.94. The summed E-state index contributed by atoms with van der Waals surface area (Å²) in [5, 5.41) is 2.98. The van der Waals surface area contributed by atoms with Gasteiger partial charge in [-0.05, 0) is 19.4 Å². The van der Waals surface area contributed by atoms with E-state index in [9.17, 15) is 9.59 Å². The number of carbonyl (C=O) groups is 2. The van der Waals surface area contributed by atoms with E-state index < -0.39 is 0 Å². The van der Waals surface area contributed by atoms with Crippen LogP contribution in [0.3, 0.4) is 0 Å². The smallest absolute Gasteiger partial charge is 0.306 e. The third-order valence-electron chi connectivity index (χ3n) is 2.06. The highest BCUT2D eigenvalue weighted by Gasteiger charge is 2.11. The summed E-state index contributed by atoms with van der Waals surface area (Å²) in [7, 11) is 0. The minimum absolute atomic E-state index is 0.241. The molecule has 5 nitrogen and oxygen atoms in total. The molecular weight excluding hydrogens is 208 g/mol. The number of esters is 1. The lowest BCUT2D eigenvalue weighted by Gasteiger charge is -2.12. The van der Waals surface area contributed by atoms with E-state index in [2.05, 4.69) is 11.9 Å². The lowest BCUT2D eigenvalue weighted by molar-refractivity contribution is -0.142. The van der Waals surface area contributed by atoms with Crippen molar-refractivity contribution >= 4 is 11.9 Å². The minimum atomic E-state index is -0.364. The predicted octanol–water partition coefficient (Wildman–Crippen LogP) is 0.349. The molecular formula is C11H20N2O3. The van der Waals surface area contributed by atoms with Gasteiger partial charge in [0.05, 0.1) is 6.04 Å². The summed E-state index contributed by atoms with van der Waals surface area (Å²) in [4.78, 5) is 21.9. The first-order valence-electron chi connectivity index (χ1n) is 5.41. The molecule has 0 saturated carbocycles. The molecule has 0 aliphatic carbocycles. The zero-order valence-corrected chi connectivity index (χ0v) is 9.70. The summed E-state index contributed by atoms with van der Waals surface area (Å²) in [6, 6.07) is -0.316. The van der Waals surface area contributed by atoms with Crippen LogP contribution in [-0.2, 0) is 14.3 Å². The molecule has 0 rings (SSSR count). The Kier molecular flexibility index (Phi) is 8.15. The maximum atomic E-state index is 11.1. The van der Waals surface area contributed by atoms with Gasteiger partial charge in [-0.15, -0.1) is 0 Å². The summed E-state index contributed by atoms with van der Waals surface area (Å²) in [5.41, 5.74) is 5.15. The van der Waals surface area contributed by atoms with E-state index in [1.807, 2.05) is 6.92 Å². The second kappa shape index (κ2) is 8.91. The standard InChI is InChI=1S/C11H20N2O3/c1-3-8-16-10(14)6-5-7-13-9(4-2)11(12)15/h3,9,13H,1,4-8H2,2H3,(H2,12,15)/t9-/m0/s1. The van der Waals surface area contributed by atoms with Crippen LogP contribution < -0.4 is 11.1 Å². The van der Waals surface area contributed by atoms with Gasteiger partial charge in [0.1, 0.15) is 6.61 Å². The normalized spacial score (nSPS) is 11.8. The monoisotopic (exact) mass is 228 g/mol. The van der Waals surface area contributed by atoms with Crippen LogP contribution in [0.15, 0.2) is 12.7 Å². The molecule has 92 valence electrons. The van der Waals surface area contributed by atoms with Crippen molar-refractivity contribution in [1.29, 1.82) is 0 Å². The van der Waals surface area contributed by atoms with E-state index in [1.165, 1.54) is 6.08 Å². The molecule has 16 heavy (non-hydrogen) atoms. The van der Waals surface area contributed by atoms with Gasteiger partial charge in [-0.3, -0.25) is 9.59 Å². The second-order valence-electron chi connectivity index (χ2n) is 3.39. The van der Waals surface area contributed by atoms with Crippen LogP contribution in [0.25, 0.3) is 0 Å². The SMILES string of the molecule is C=CCOC(=O)CCCN[C@@H](CC)C(N)=O. The molecule has 1 amide bonds. The third-order valence-corrected chi connectivity index (χ3v) is 2.06. The summed E-state index contributed by atoms with van der Waals surface area (Å²) in [6.07, 6.45) is 3.13. The van der Waals surface area contributed by atoms with Crippen molar-refractivity contribution in [3.63, 3.8) is 0 Å². The molecule has 0 saturated heterocycles. The number of amides is 1. The minimum Gasteiger partial charge on any atom is -0.461 e. The van der Waals surface area contributed by atoms with E-state index in [-0.39, 0.29) is 24.5 Å². The number of hydrogen-bond donors (Lipinski definition) is 2. The van der Waals surface area contributed by atoms with Crippen molar-refractivity contribution in [2.45, 2.75) is 32.2 Å². The Bertz CT molecular complexity index is 241. The number of carbonyl (C=O) groups excluding carboxylic acids is 2. The Labute approximate surface area is 96.0 Å². The molecule has 0 bridgehead atoms. The molecule has 0 aliphatic heterocycles. The molecule has 5 heteroatoms. The van der Waals surface area contributed by atoms with Crippen molar-refractivity contribution in [1.82, 2.24) is 5.32 Å². The fourth-order valence-electron chi connectivity index (χ4n) is 1.18. The molecule has 0 spiro atoms. The fourth-order valence-corrected chi connectivity index (χ4v) is 1.18. The van der Waals surface area contributed by atoms with E-state index in [1.54, 1.807) is 0 Å². The number of rotatable bonds is 9. The molecule has 0 unspecified atom stereocenters. The maximum absolute atomic E-state index is 11.1. The number of primary amides is 1. The summed E-state index contributed by atoms with van der Waals surface area (Å²) in [5.74, 6) is -0.620. The van der Waals surface area contributed by atoms with Crippen molar-refractivity contribution < 1.29 is 14.3 Å². The quantitative estimate of drug-likeness (QED) is 0.339. The van der Waals surface area contributed by atoms with Crippen LogP contribution in [0.4, 0.5) is 0 Å². The molecule has 0 aromatic heterocycles. The number of hydrogen-bond acceptors (Lipinski definition) is 4. The Balaban J connectivity index is 3.55. The molecule has 0 heterocycles. The van der Waals surface area contributed by atoms with Gasteiger partial charge in [0.15, 0.2) is 0 Å². The molecule has 0 aromatic rings. The lowest BCUT2D eigenvalue weighted by atomic mass is 10.2. The van der Waals surface area contributed by atoms with Crippen molar-refractivity contribution in [3.8, 4) is 0 Å². The van der Waals surface area contributed by atoms with Crippen molar-refractivity contribution in [3.05, 3.63) is 12.7 Å². The van der Waals surface area contributed by atoms with E-state index >= 15 is 0 Å². The van der Waals surface area contributed by atoms with E-state index in [4.69, 9.17) is 10.5 Å². The summed E-state index contributed by atoms with van der Waals surface area (Å²) < 4.78 is 4.80. The van der Waals surface area contributed by atoms with Gasteiger partial charge in [0, 0.05) is 6.42 Å². The van der Waals surface area contributed by atoms with Crippen molar-refractivity contribution in [2.24, 2.45) is 5.73 Å². The van der Waals surface area contributed by atoms with Crippen LogP contribution in [0.1, 0.15) is 26.2 Å². The van der Waals surface area contributed by atoms with Gasteiger partial charge >= 0.3 is 5.97 Å². The second-order valence-corrected chi connectivity index (χ2v) is 3.39. The molecule has 0 aromatic carbocycles. The van der Waals surface area contributed by atoms with Crippen LogP contribution >= 0.6 is 0 Å². The predicted molar refractivity (Wildman–Crippen MR) is 61.7 cm³/mol. The van der Waals surface area contributed by atoms with Crippen LogP contribution in [0, 0.1) is 0 Å². The lowest BCUT2D eigenvalue weighted by Crippen LogP contribution is -2.41. The van der Waals surface area contributed by atoms with Gasteiger partial charge in [0.2, 0.25) is 5.91 Å². The van der Waals surface area contributed by atoms with Crippen LogP contribution in [0.2, 0.25) is 0 Å². The first-order chi connectivity index (χ1) is 7.61. The number of nitrogens with two attached hydrogens (primary N) is 1. The Hall–Kier alpha value is -1.36. The van der Waals surface area contributed by atoms with E-state index in [0.29, 0.717) is 25.8 Å². The zero-order chi connectivity index (χ0) is 12.4. The highest BCUT2D eigenvalue weighted by atomic mass is 16.5. The first-order valence-corrected chi connectivity index (χ1v) is 5.41. The van der Waals surface area contributed by atoms with Gasteiger partial charge in [-0.25, -0.2) is 0 Å². The van der Waals surface area contributed by atoms with E-state index in [0.717, 1.165) is 0 Å². The van der Waals surface area contributed by atoms with Gasteiger partial charge in [-0.1, -0.05) is 19.6 Å². The molecule has 0 aliphatic rings. The Morgan fingerprint density at radius 3 is 2.75 bits per heavy atom. The average molecular weight is 228 g/mol.